The fourth-order valence-electron chi connectivity index (χ4n) is 0.609. The average molecular weight is 179 g/mol. The van der Waals surface area contributed by atoms with Crippen molar-refractivity contribution in [1.82, 2.24) is 0 Å². The van der Waals surface area contributed by atoms with Gasteiger partial charge in [-0.3, -0.25) is 0 Å². The number of hydrogen-bond donors (Lipinski definition) is 0. The zero-order valence-corrected chi connectivity index (χ0v) is 7.53. The molecule has 0 rings (SSSR count). The summed E-state index contributed by atoms with van der Waals surface area (Å²) in [6.07, 6.45) is 2.59. The van der Waals surface area contributed by atoms with Gasteiger partial charge in [0.25, 0.3) is 0 Å². The van der Waals surface area contributed by atoms with Gasteiger partial charge in [0.05, 0.1) is 0 Å². The van der Waals surface area contributed by atoms with Crippen molar-refractivity contribution in [3.63, 3.8) is 0 Å². The van der Waals surface area contributed by atoms with E-state index in [9.17, 15) is 0 Å². The molecule has 0 nitrogen and oxygen atoms in total. The van der Waals surface area contributed by atoms with E-state index in [2.05, 4.69) is 36.7 Å². The van der Waals surface area contributed by atoms with E-state index in [4.69, 9.17) is 0 Å². The van der Waals surface area contributed by atoms with Gasteiger partial charge < -0.3 is 0 Å². The quantitative estimate of drug-likeness (QED) is 0.583. The van der Waals surface area contributed by atoms with Crippen molar-refractivity contribution < 1.29 is 0 Å². The standard InChI is InChI=1S/C7H15Br/c1-4-5-7(8)6(2)3/h6-7H,4-5H2,1-3H3. The summed E-state index contributed by atoms with van der Waals surface area (Å²) in [5.74, 6) is 0.787. The fraction of sp³-hybridized carbons (Fsp3) is 1.00. The third-order valence-electron chi connectivity index (χ3n) is 1.29. The second-order valence-electron chi connectivity index (χ2n) is 2.55. The minimum Gasteiger partial charge on any atom is -0.0888 e. The second-order valence-corrected chi connectivity index (χ2v) is 3.72. The molecule has 0 heterocycles. The van der Waals surface area contributed by atoms with Crippen molar-refractivity contribution in [2.45, 2.75) is 38.4 Å². The molecule has 0 radical (unpaired) electrons. The number of halogens is 1. The fourth-order valence-corrected chi connectivity index (χ4v) is 1.07. The normalized spacial score (nSPS) is 14.6. The van der Waals surface area contributed by atoms with E-state index in [0.29, 0.717) is 0 Å². The highest BCUT2D eigenvalue weighted by molar-refractivity contribution is 9.09. The first-order chi connectivity index (χ1) is 3.68. The molecule has 8 heavy (non-hydrogen) atoms. The minimum absolute atomic E-state index is 0.729. The summed E-state index contributed by atoms with van der Waals surface area (Å²) in [5, 5.41) is 0. The molecule has 1 heteroatoms. The first kappa shape index (κ1) is 8.48. The van der Waals surface area contributed by atoms with Crippen molar-refractivity contribution in [1.29, 1.82) is 0 Å². The molecule has 0 aromatic heterocycles. The molecule has 0 aromatic rings. The summed E-state index contributed by atoms with van der Waals surface area (Å²) in [7, 11) is 0. The molecular formula is C7H15Br. The molecule has 0 bridgehead atoms. The Bertz CT molecular complexity index is 50.3. The first-order valence-corrected chi connectivity index (χ1v) is 4.24. The Labute approximate surface area is 60.8 Å². The van der Waals surface area contributed by atoms with E-state index in [1.807, 2.05) is 0 Å². The van der Waals surface area contributed by atoms with Gasteiger partial charge in [0.2, 0.25) is 0 Å². The molecule has 0 saturated carbocycles. The highest BCUT2D eigenvalue weighted by Gasteiger charge is 2.05. The van der Waals surface area contributed by atoms with Crippen LogP contribution in [0, 0.1) is 5.92 Å². The monoisotopic (exact) mass is 178 g/mol. The smallest absolute Gasteiger partial charge is 0.0168 e. The topological polar surface area (TPSA) is 0 Å². The molecule has 0 N–H and O–H groups in total. The summed E-state index contributed by atoms with van der Waals surface area (Å²) < 4.78 is 0. The van der Waals surface area contributed by atoms with Gasteiger partial charge in [0.15, 0.2) is 0 Å². The highest BCUT2D eigenvalue weighted by Crippen LogP contribution is 2.16. The Morgan fingerprint density at radius 2 is 1.88 bits per heavy atom. The summed E-state index contributed by atoms with van der Waals surface area (Å²) in [6.45, 7) is 6.71. The van der Waals surface area contributed by atoms with Gasteiger partial charge in [-0.15, -0.1) is 0 Å². The van der Waals surface area contributed by atoms with E-state index in [1.165, 1.54) is 12.8 Å². The Kier molecular flexibility index (Phi) is 4.63. The van der Waals surface area contributed by atoms with Gasteiger partial charge in [-0.1, -0.05) is 43.1 Å². The predicted octanol–water partition coefficient (Wildman–Crippen LogP) is 3.21. The zero-order valence-electron chi connectivity index (χ0n) is 5.95. The van der Waals surface area contributed by atoms with Crippen LogP contribution in [-0.4, -0.2) is 4.83 Å². The highest BCUT2D eigenvalue weighted by atomic mass is 79.9. The summed E-state index contributed by atoms with van der Waals surface area (Å²) in [5.41, 5.74) is 0. The maximum absolute atomic E-state index is 3.60. The molecule has 1 atom stereocenters. The van der Waals surface area contributed by atoms with E-state index in [1.54, 1.807) is 0 Å². The molecule has 0 aliphatic heterocycles. The maximum atomic E-state index is 3.60. The van der Waals surface area contributed by atoms with E-state index < -0.39 is 0 Å². The van der Waals surface area contributed by atoms with Crippen LogP contribution in [0.1, 0.15) is 33.6 Å². The lowest BCUT2D eigenvalue weighted by molar-refractivity contribution is 0.575. The summed E-state index contributed by atoms with van der Waals surface area (Å²) in [6, 6.07) is 0. The van der Waals surface area contributed by atoms with Crippen molar-refractivity contribution in [2.75, 3.05) is 0 Å². The third kappa shape index (κ3) is 3.48. The van der Waals surface area contributed by atoms with Gasteiger partial charge in [0, 0.05) is 4.83 Å². The Balaban J connectivity index is 3.17. The van der Waals surface area contributed by atoms with Crippen LogP contribution >= 0.6 is 15.9 Å². The van der Waals surface area contributed by atoms with Crippen LogP contribution < -0.4 is 0 Å². The maximum Gasteiger partial charge on any atom is 0.0168 e. The van der Waals surface area contributed by atoms with Gasteiger partial charge in [-0.05, 0) is 12.3 Å². The van der Waals surface area contributed by atoms with Crippen LogP contribution in [0.15, 0.2) is 0 Å². The summed E-state index contributed by atoms with van der Waals surface area (Å²) in [4.78, 5) is 0.729. The molecule has 0 amide bonds. The van der Waals surface area contributed by atoms with Crippen LogP contribution in [0.3, 0.4) is 0 Å². The molecule has 1 unspecified atom stereocenters. The van der Waals surface area contributed by atoms with Crippen LogP contribution in [0.4, 0.5) is 0 Å². The number of rotatable bonds is 3. The summed E-state index contributed by atoms with van der Waals surface area (Å²) >= 11 is 3.60. The minimum atomic E-state index is 0.729. The SMILES string of the molecule is CCCC(Br)C(C)C. The van der Waals surface area contributed by atoms with Crippen molar-refractivity contribution in [3.05, 3.63) is 0 Å². The zero-order chi connectivity index (χ0) is 6.57. The molecule has 0 aromatic carbocycles. The average Bonchev–Trinajstić information content (AvgIpc) is 1.67. The molecule has 0 saturated heterocycles. The van der Waals surface area contributed by atoms with E-state index in [-0.39, 0.29) is 0 Å². The third-order valence-corrected chi connectivity index (χ3v) is 2.80. The molecule has 0 spiro atoms. The largest absolute Gasteiger partial charge is 0.0888 e. The Hall–Kier alpha value is 0.480. The molecule has 0 fully saturated rings. The van der Waals surface area contributed by atoms with Gasteiger partial charge in [0.1, 0.15) is 0 Å². The predicted molar refractivity (Wildman–Crippen MR) is 42.5 cm³/mol. The molecule has 0 aliphatic rings. The van der Waals surface area contributed by atoms with Gasteiger partial charge in [-0.2, -0.15) is 0 Å². The number of alkyl halides is 1. The van der Waals surface area contributed by atoms with Crippen molar-refractivity contribution in [3.8, 4) is 0 Å². The van der Waals surface area contributed by atoms with Crippen molar-refractivity contribution >= 4 is 15.9 Å². The van der Waals surface area contributed by atoms with Crippen LogP contribution in [0.25, 0.3) is 0 Å². The van der Waals surface area contributed by atoms with Gasteiger partial charge >= 0.3 is 0 Å². The van der Waals surface area contributed by atoms with E-state index in [0.717, 1.165) is 10.7 Å². The van der Waals surface area contributed by atoms with Gasteiger partial charge in [-0.25, -0.2) is 0 Å². The van der Waals surface area contributed by atoms with Crippen LogP contribution in [0.5, 0.6) is 0 Å². The lowest BCUT2D eigenvalue weighted by Gasteiger charge is -2.10. The van der Waals surface area contributed by atoms with Crippen molar-refractivity contribution in [2.24, 2.45) is 5.92 Å². The Morgan fingerprint density at radius 3 is 2.00 bits per heavy atom. The lowest BCUT2D eigenvalue weighted by Crippen LogP contribution is -2.05. The second kappa shape index (κ2) is 4.37. The first-order valence-electron chi connectivity index (χ1n) is 3.32. The molecule has 50 valence electrons. The lowest BCUT2D eigenvalue weighted by atomic mass is 10.1. The number of hydrogen-bond acceptors (Lipinski definition) is 0. The molecule has 0 aliphatic carbocycles. The Morgan fingerprint density at radius 1 is 1.38 bits per heavy atom. The van der Waals surface area contributed by atoms with Crippen LogP contribution in [-0.2, 0) is 0 Å². The van der Waals surface area contributed by atoms with E-state index >= 15 is 0 Å². The van der Waals surface area contributed by atoms with Crippen LogP contribution in [0.2, 0.25) is 0 Å². The molecular weight excluding hydrogens is 164 g/mol.